The molecule has 5 aromatic rings. The number of carbonyl (C=O) groups excluding carboxylic acids is 3. The summed E-state index contributed by atoms with van der Waals surface area (Å²) < 4.78 is 79.4. The summed E-state index contributed by atoms with van der Waals surface area (Å²) in [6, 6.07) is 15.2. The van der Waals surface area contributed by atoms with Gasteiger partial charge in [0.05, 0.1) is 64.1 Å². The largest absolute Gasteiger partial charge is 0.489 e. The number of hydrogen-bond donors (Lipinski definition) is 6. The number of amides is 2. The van der Waals surface area contributed by atoms with Gasteiger partial charge in [0.25, 0.3) is 5.91 Å². The maximum atomic E-state index is 14.3. The van der Waals surface area contributed by atoms with Crippen molar-refractivity contribution in [2.75, 3.05) is 66.0 Å². The number of para-hydroxylation sites is 3. The smallest absolute Gasteiger partial charge is 0.434 e. The van der Waals surface area contributed by atoms with Crippen LogP contribution in [0.15, 0.2) is 59.1 Å². The highest BCUT2D eigenvalue weighted by molar-refractivity contribution is 9.10. The topological polar surface area (TPSA) is 273 Å². The standard InChI is InChI=1S/C15H12BrClF4N2O2.C15H22ClNO2.C11H11Cl2NO2.C9H16ClN5.C3H8NO5P/c1-6(2)25-14(24)7-4-8(10(18)5-9(7)17)12-11(16)13(15(19,20)21)23(3)22-12;1-5-13-8-6-7-11(2)15(13)17(14(18)9-16)12(3)10-19-4;1-7-6-16-9-5-3-2-4-8(9)14(7)11(15)10(12)13;1-5-11-7-12-6(10)13-8(14-7)15-9(2,3)4;5-3(6)1-4-2-10(7,8)9/h4-6H,1-3H3;6-8,12H,5,9-10H2,1-4H3;2-5,7,10H,6H2,1H3;5H2,1-4H3,(H2,11,12,13,14,15);4H,1-2H2,(H,5,6)(H2,7,8,9). The fraction of sp³-hybridized carbons (Fsp3) is 0.472. The molecule has 1 aliphatic heterocycles. The molecule has 2 amide bonds. The van der Waals surface area contributed by atoms with Crippen molar-refractivity contribution in [3.05, 3.63) is 97.6 Å². The molecule has 2 aromatic heterocycles. The van der Waals surface area contributed by atoms with Crippen LogP contribution in [-0.2, 0) is 48.1 Å². The highest BCUT2D eigenvalue weighted by Crippen LogP contribution is 2.41. The molecule has 32 heteroatoms. The number of aliphatic carboxylic acids is 1. The van der Waals surface area contributed by atoms with E-state index in [1.54, 1.807) is 30.8 Å². The molecule has 21 nitrogen and oxygen atoms in total. The van der Waals surface area contributed by atoms with E-state index >= 15 is 0 Å². The van der Waals surface area contributed by atoms with Crippen molar-refractivity contribution in [1.29, 1.82) is 0 Å². The Morgan fingerprint density at radius 1 is 0.988 bits per heavy atom. The van der Waals surface area contributed by atoms with Crippen molar-refractivity contribution < 1.29 is 70.4 Å². The summed E-state index contributed by atoms with van der Waals surface area (Å²) >= 11 is 31.5. The molecular weight excluding hydrogens is 1320 g/mol. The van der Waals surface area contributed by atoms with E-state index in [1.165, 1.54) is 0 Å². The summed E-state index contributed by atoms with van der Waals surface area (Å²) in [5, 5.41) is 19.9. The molecule has 1 aliphatic rings. The molecule has 0 radical (unpaired) electrons. The summed E-state index contributed by atoms with van der Waals surface area (Å²) in [6.07, 6.45) is -4.86. The van der Waals surface area contributed by atoms with Gasteiger partial charge in [-0.05, 0) is 132 Å². The van der Waals surface area contributed by atoms with Crippen LogP contribution in [-0.4, -0.2) is 138 Å². The van der Waals surface area contributed by atoms with Crippen molar-refractivity contribution in [3.63, 3.8) is 0 Å². The van der Waals surface area contributed by atoms with Crippen molar-refractivity contribution >= 4 is 129 Å². The number of methoxy groups -OCH3 is 1. The number of aromatic nitrogens is 5. The molecule has 0 aliphatic carbocycles. The summed E-state index contributed by atoms with van der Waals surface area (Å²) in [7, 11) is -1.38. The predicted octanol–water partition coefficient (Wildman–Crippen LogP) is 12.0. The van der Waals surface area contributed by atoms with Gasteiger partial charge in [-0.1, -0.05) is 72.1 Å². The lowest BCUT2D eigenvalue weighted by Crippen LogP contribution is -2.47. The fourth-order valence-corrected chi connectivity index (χ4v) is 9.40. The number of nitrogens with zero attached hydrogens (tertiary/aromatic N) is 7. The zero-order chi connectivity index (χ0) is 64.9. The first-order valence-electron chi connectivity index (χ1n) is 25.6. The van der Waals surface area contributed by atoms with Crippen molar-refractivity contribution in [1.82, 2.24) is 30.0 Å². The van der Waals surface area contributed by atoms with Crippen LogP contribution >= 0.6 is 81.5 Å². The number of alkyl halides is 6. The highest BCUT2D eigenvalue weighted by atomic mass is 79.9. The first-order chi connectivity index (χ1) is 39.4. The summed E-state index contributed by atoms with van der Waals surface area (Å²) in [6.45, 7) is 20.5. The van der Waals surface area contributed by atoms with Gasteiger partial charge in [-0.15, -0.1) is 11.6 Å². The number of halogens is 10. The molecule has 0 bridgehead atoms. The molecule has 0 spiro atoms. The van der Waals surface area contributed by atoms with Gasteiger partial charge in [0.15, 0.2) is 10.5 Å². The van der Waals surface area contributed by atoms with Crippen molar-refractivity contribution in [2.24, 2.45) is 7.05 Å². The lowest BCUT2D eigenvalue weighted by molar-refractivity contribution is -0.144. The third-order valence-corrected chi connectivity index (χ3v) is 13.3. The molecule has 2 unspecified atom stereocenters. The van der Waals surface area contributed by atoms with Crippen LogP contribution in [0.4, 0.5) is 40.8 Å². The number of fused-ring (bicyclic) bond motifs is 1. The quantitative estimate of drug-likeness (QED) is 0.0218. The second kappa shape index (κ2) is 35.0. The predicted molar refractivity (Wildman–Crippen MR) is 326 cm³/mol. The lowest BCUT2D eigenvalue weighted by atomic mass is 10.0. The highest BCUT2D eigenvalue weighted by Gasteiger charge is 2.39. The second-order valence-electron chi connectivity index (χ2n) is 19.5. The zero-order valence-corrected chi connectivity index (χ0v) is 54.7. The van der Waals surface area contributed by atoms with Crippen molar-refractivity contribution in [2.45, 2.75) is 110 Å². The molecular formula is C53H69BrCl5F4N10O11P. The number of esters is 1. The first-order valence-corrected chi connectivity index (χ1v) is 30.4. The summed E-state index contributed by atoms with van der Waals surface area (Å²) in [5.41, 5.74) is 1.97. The van der Waals surface area contributed by atoms with Gasteiger partial charge in [-0.2, -0.15) is 33.2 Å². The number of hydrogen-bond acceptors (Lipinski definition) is 15. The Morgan fingerprint density at radius 3 is 2.13 bits per heavy atom. The molecule has 85 heavy (non-hydrogen) atoms. The minimum atomic E-state index is -4.69. The monoisotopic (exact) mass is 1380 g/mol. The van der Waals surface area contributed by atoms with Crippen LogP contribution in [0.3, 0.4) is 0 Å². The Balaban J connectivity index is 0.000000373. The van der Waals surface area contributed by atoms with E-state index in [0.717, 1.165) is 54.6 Å². The Kier molecular flexibility index (Phi) is 31.3. The summed E-state index contributed by atoms with van der Waals surface area (Å²) in [4.78, 5) is 76.7. The molecule has 0 saturated carbocycles. The number of carbonyl (C=O) groups is 4. The van der Waals surface area contributed by atoms with E-state index in [-0.39, 0.29) is 62.4 Å². The molecule has 6 N–H and O–H groups in total. The van der Waals surface area contributed by atoms with Gasteiger partial charge in [0.2, 0.25) is 23.1 Å². The van der Waals surface area contributed by atoms with Crippen LogP contribution in [0.25, 0.3) is 11.3 Å². The van der Waals surface area contributed by atoms with Crippen LogP contribution in [0.2, 0.25) is 10.3 Å². The molecule has 3 heterocycles. The maximum absolute atomic E-state index is 14.3. The number of anilines is 4. The fourth-order valence-electron chi connectivity index (χ4n) is 7.49. The average molecular weight is 1390 g/mol. The minimum absolute atomic E-state index is 0.0223. The number of benzene rings is 3. The van der Waals surface area contributed by atoms with Gasteiger partial charge < -0.3 is 49.5 Å². The Morgan fingerprint density at radius 2 is 1.61 bits per heavy atom. The number of carboxylic acids is 1. The van der Waals surface area contributed by atoms with Gasteiger partial charge in [0.1, 0.15) is 29.7 Å². The van der Waals surface area contributed by atoms with Crippen LogP contribution in [0.1, 0.15) is 89.5 Å². The molecule has 472 valence electrons. The average Bonchev–Trinajstić information content (AvgIpc) is 2.02. The molecule has 3 aromatic carbocycles. The minimum Gasteiger partial charge on any atom is -0.489 e. The van der Waals surface area contributed by atoms with E-state index in [0.29, 0.717) is 35.5 Å². The van der Waals surface area contributed by atoms with Gasteiger partial charge in [-0.25, -0.2) is 9.18 Å². The Bertz CT molecular complexity index is 3090. The van der Waals surface area contributed by atoms with Gasteiger partial charge >= 0.3 is 25.7 Å². The first kappa shape index (κ1) is 76.0. The van der Waals surface area contributed by atoms with Crippen LogP contribution in [0.5, 0.6) is 5.75 Å². The SMILES string of the molecule is CC(C)OC(=O)c1cc(-c2nn(C)c(C(F)(F)F)c2Br)c(F)cc1Cl.CC1COc2ccccc2N1C(=O)C(Cl)Cl.CCNc1nc(Cl)nc(NC(C)(C)C)n1.CCc1cccc(C)c1N(C(=O)CCl)C(C)COC.O=C(O)CNCP(=O)(O)O. The normalized spacial score (nSPS) is 13.2. The zero-order valence-electron chi connectivity index (χ0n) is 48.4. The van der Waals surface area contributed by atoms with Crippen LogP contribution < -0.4 is 30.5 Å². The van der Waals surface area contributed by atoms with Crippen LogP contribution in [0, 0.1) is 12.7 Å². The number of carboxylic acid groups (broad SMARTS) is 1. The number of ether oxygens (including phenoxy) is 3. The molecule has 0 saturated heterocycles. The maximum Gasteiger partial charge on any atom is 0.434 e. The van der Waals surface area contributed by atoms with Gasteiger partial charge in [0, 0.05) is 31.8 Å². The summed E-state index contributed by atoms with van der Waals surface area (Å²) in [5.74, 6) is -1.64. The molecule has 6 rings (SSSR count). The number of aryl methyl sites for hydroxylation is 3. The number of rotatable bonds is 17. The molecule has 0 fully saturated rings. The molecule has 2 atom stereocenters. The third kappa shape index (κ3) is 24.9. The Hall–Kier alpha value is -5.12. The van der Waals surface area contributed by atoms with Gasteiger partial charge in [-0.3, -0.25) is 28.9 Å². The van der Waals surface area contributed by atoms with Crippen molar-refractivity contribution in [3.8, 4) is 17.0 Å². The van der Waals surface area contributed by atoms with E-state index in [2.05, 4.69) is 64.9 Å². The van der Waals surface area contributed by atoms with E-state index < -0.39 is 65.5 Å². The van der Waals surface area contributed by atoms with E-state index in [4.69, 9.17) is 87.1 Å². The van der Waals surface area contributed by atoms with E-state index in [9.17, 15) is 41.3 Å². The van der Waals surface area contributed by atoms with E-state index in [1.807, 2.05) is 84.9 Å². The third-order valence-electron chi connectivity index (χ3n) is 10.8. The lowest BCUT2D eigenvalue weighted by Gasteiger charge is -2.35. The second-order valence-corrected chi connectivity index (χ2v) is 24.0. The Labute approximate surface area is 524 Å². The number of nitrogens with one attached hydrogen (secondary N) is 3.